The van der Waals surface area contributed by atoms with Crippen molar-refractivity contribution < 1.29 is 0 Å². The van der Waals surface area contributed by atoms with Crippen LogP contribution in [0.2, 0.25) is 0 Å². The second-order valence-electron chi connectivity index (χ2n) is 6.04. The molecule has 0 aliphatic carbocycles. The Bertz CT molecular complexity index is 1000. The zero-order valence-corrected chi connectivity index (χ0v) is 13.9. The summed E-state index contributed by atoms with van der Waals surface area (Å²) >= 11 is 0. The van der Waals surface area contributed by atoms with Gasteiger partial charge in [-0.15, -0.1) is 0 Å². The molecule has 0 saturated heterocycles. The Hall–Kier alpha value is -3.32. The minimum Gasteiger partial charge on any atom is -0.398 e. The van der Waals surface area contributed by atoms with Gasteiger partial charge in [0.25, 0.3) is 0 Å². The van der Waals surface area contributed by atoms with E-state index in [0.29, 0.717) is 0 Å². The van der Waals surface area contributed by atoms with Gasteiger partial charge in [-0.05, 0) is 33.9 Å². The van der Waals surface area contributed by atoms with Gasteiger partial charge in [0, 0.05) is 11.3 Å². The first kappa shape index (κ1) is 15.2. The molecule has 0 bridgehead atoms. The van der Waals surface area contributed by atoms with Gasteiger partial charge in [0.05, 0.1) is 0 Å². The second-order valence-corrected chi connectivity index (χ2v) is 6.04. The molecule has 0 radical (unpaired) electrons. The maximum absolute atomic E-state index is 6.25. The summed E-state index contributed by atoms with van der Waals surface area (Å²) < 4.78 is 0. The molecule has 1 nitrogen and oxygen atoms in total. The zero-order chi connectivity index (χ0) is 17.1. The van der Waals surface area contributed by atoms with Crippen molar-refractivity contribution in [1.82, 2.24) is 0 Å². The Labute approximate surface area is 148 Å². The highest BCUT2D eigenvalue weighted by Gasteiger charge is 2.12. The van der Waals surface area contributed by atoms with Crippen molar-refractivity contribution in [3.8, 4) is 33.4 Å². The molecule has 0 aliphatic rings. The SMILES string of the molecule is Nc1ccccc1-c1ccccc1-c1ccccc1-c1ccccc1. The van der Waals surface area contributed by atoms with Crippen molar-refractivity contribution >= 4 is 5.69 Å². The Kier molecular flexibility index (Phi) is 4.05. The van der Waals surface area contributed by atoms with E-state index >= 15 is 0 Å². The molecular weight excluding hydrogens is 302 g/mol. The molecule has 0 unspecified atom stereocenters. The van der Waals surface area contributed by atoms with Crippen molar-refractivity contribution in [2.24, 2.45) is 0 Å². The number of nitrogen functional groups attached to an aromatic ring is 1. The van der Waals surface area contributed by atoms with Crippen molar-refractivity contribution in [3.63, 3.8) is 0 Å². The smallest absolute Gasteiger partial charge is 0.0393 e. The van der Waals surface area contributed by atoms with Crippen molar-refractivity contribution in [2.75, 3.05) is 5.73 Å². The molecule has 0 fully saturated rings. The molecule has 0 aromatic heterocycles. The number of para-hydroxylation sites is 1. The van der Waals surface area contributed by atoms with Crippen LogP contribution >= 0.6 is 0 Å². The van der Waals surface area contributed by atoms with Gasteiger partial charge in [-0.25, -0.2) is 0 Å². The third kappa shape index (κ3) is 2.92. The van der Waals surface area contributed by atoms with Gasteiger partial charge in [0.1, 0.15) is 0 Å². The van der Waals surface area contributed by atoms with Gasteiger partial charge < -0.3 is 5.73 Å². The van der Waals surface area contributed by atoms with Crippen molar-refractivity contribution in [1.29, 1.82) is 0 Å². The lowest BCUT2D eigenvalue weighted by atomic mass is 9.89. The summed E-state index contributed by atoms with van der Waals surface area (Å²) in [5.74, 6) is 0. The molecule has 0 heterocycles. The summed E-state index contributed by atoms with van der Waals surface area (Å²) in [5.41, 5.74) is 14.1. The molecule has 4 rings (SSSR count). The number of anilines is 1. The summed E-state index contributed by atoms with van der Waals surface area (Å²) in [6.45, 7) is 0. The van der Waals surface area contributed by atoms with Gasteiger partial charge in [0.15, 0.2) is 0 Å². The summed E-state index contributed by atoms with van der Waals surface area (Å²) in [6, 6.07) is 35.5. The van der Waals surface area contributed by atoms with E-state index in [0.717, 1.165) is 16.8 Å². The summed E-state index contributed by atoms with van der Waals surface area (Å²) in [4.78, 5) is 0. The van der Waals surface area contributed by atoms with Crippen LogP contribution in [0, 0.1) is 0 Å². The van der Waals surface area contributed by atoms with Crippen molar-refractivity contribution in [3.05, 3.63) is 103 Å². The fraction of sp³-hybridized carbons (Fsp3) is 0. The lowest BCUT2D eigenvalue weighted by Gasteiger charge is -2.15. The van der Waals surface area contributed by atoms with E-state index in [1.54, 1.807) is 0 Å². The molecule has 0 aliphatic heterocycles. The standard InChI is InChI=1S/C24H19N/c25-24-17-9-8-16-23(24)22-15-7-6-14-21(22)20-13-5-4-12-19(20)18-10-2-1-3-11-18/h1-17H,25H2. The fourth-order valence-corrected chi connectivity index (χ4v) is 3.28. The lowest BCUT2D eigenvalue weighted by Crippen LogP contribution is -1.92. The van der Waals surface area contributed by atoms with Gasteiger partial charge in [-0.3, -0.25) is 0 Å². The molecule has 25 heavy (non-hydrogen) atoms. The zero-order valence-electron chi connectivity index (χ0n) is 13.9. The molecule has 0 spiro atoms. The van der Waals surface area contributed by atoms with E-state index in [-0.39, 0.29) is 0 Å². The largest absolute Gasteiger partial charge is 0.398 e. The van der Waals surface area contributed by atoms with Crippen LogP contribution in [-0.2, 0) is 0 Å². The number of hydrogen-bond acceptors (Lipinski definition) is 1. The molecule has 2 N–H and O–H groups in total. The number of nitrogens with two attached hydrogens (primary N) is 1. The minimum atomic E-state index is 0.798. The van der Waals surface area contributed by atoms with E-state index < -0.39 is 0 Å². The molecule has 4 aromatic rings. The highest BCUT2D eigenvalue weighted by atomic mass is 14.6. The van der Waals surface area contributed by atoms with Crippen LogP contribution in [0.5, 0.6) is 0 Å². The molecule has 0 saturated carbocycles. The van der Waals surface area contributed by atoms with Gasteiger partial charge in [-0.1, -0.05) is 97.1 Å². The quantitative estimate of drug-likeness (QED) is 0.442. The van der Waals surface area contributed by atoms with E-state index in [9.17, 15) is 0 Å². The van der Waals surface area contributed by atoms with Crippen LogP contribution < -0.4 is 5.73 Å². The first-order valence-electron chi connectivity index (χ1n) is 8.43. The number of hydrogen-bond donors (Lipinski definition) is 1. The summed E-state index contributed by atoms with van der Waals surface area (Å²) in [6.07, 6.45) is 0. The molecular formula is C24H19N. The van der Waals surface area contributed by atoms with Crippen LogP contribution in [0.15, 0.2) is 103 Å². The first-order valence-corrected chi connectivity index (χ1v) is 8.43. The van der Waals surface area contributed by atoms with Crippen LogP contribution in [0.25, 0.3) is 33.4 Å². The average molecular weight is 321 g/mol. The Morgan fingerprint density at radius 2 is 0.760 bits per heavy atom. The van der Waals surface area contributed by atoms with E-state index in [4.69, 9.17) is 5.73 Å². The third-order valence-electron chi connectivity index (χ3n) is 4.48. The second kappa shape index (κ2) is 6.66. The normalized spacial score (nSPS) is 10.6. The van der Waals surface area contributed by atoms with Gasteiger partial charge >= 0.3 is 0 Å². The highest BCUT2D eigenvalue weighted by molar-refractivity contribution is 5.94. The van der Waals surface area contributed by atoms with E-state index in [1.165, 1.54) is 22.3 Å². The van der Waals surface area contributed by atoms with Crippen molar-refractivity contribution in [2.45, 2.75) is 0 Å². The summed E-state index contributed by atoms with van der Waals surface area (Å²) in [5, 5.41) is 0. The maximum atomic E-state index is 6.25. The van der Waals surface area contributed by atoms with Crippen LogP contribution in [0.1, 0.15) is 0 Å². The average Bonchev–Trinajstić information content (AvgIpc) is 2.69. The molecule has 1 heteroatoms. The number of rotatable bonds is 3. The van der Waals surface area contributed by atoms with E-state index in [2.05, 4.69) is 78.9 Å². The Balaban J connectivity index is 1.95. The van der Waals surface area contributed by atoms with Crippen LogP contribution in [0.4, 0.5) is 5.69 Å². The molecule has 120 valence electrons. The lowest BCUT2D eigenvalue weighted by molar-refractivity contribution is 1.56. The Morgan fingerprint density at radius 1 is 0.360 bits per heavy atom. The summed E-state index contributed by atoms with van der Waals surface area (Å²) in [7, 11) is 0. The van der Waals surface area contributed by atoms with Crippen LogP contribution in [-0.4, -0.2) is 0 Å². The third-order valence-corrected chi connectivity index (χ3v) is 4.48. The van der Waals surface area contributed by atoms with Gasteiger partial charge in [-0.2, -0.15) is 0 Å². The van der Waals surface area contributed by atoms with E-state index in [1.807, 2.05) is 24.3 Å². The highest BCUT2D eigenvalue weighted by Crippen LogP contribution is 2.39. The van der Waals surface area contributed by atoms with Crippen LogP contribution in [0.3, 0.4) is 0 Å². The monoisotopic (exact) mass is 321 g/mol. The topological polar surface area (TPSA) is 26.0 Å². The van der Waals surface area contributed by atoms with Gasteiger partial charge in [0.2, 0.25) is 0 Å². The molecule has 0 atom stereocenters. The molecule has 4 aromatic carbocycles. The number of benzene rings is 4. The molecule has 0 amide bonds. The first-order chi connectivity index (χ1) is 12.3. The fourth-order valence-electron chi connectivity index (χ4n) is 3.28. The Morgan fingerprint density at radius 3 is 1.36 bits per heavy atom. The predicted molar refractivity (Wildman–Crippen MR) is 107 cm³/mol. The minimum absolute atomic E-state index is 0.798. The predicted octanol–water partition coefficient (Wildman–Crippen LogP) is 6.27. The maximum Gasteiger partial charge on any atom is 0.0393 e.